The topological polar surface area (TPSA) is 71.4 Å². The van der Waals surface area contributed by atoms with Gasteiger partial charge < -0.3 is 4.57 Å². The van der Waals surface area contributed by atoms with E-state index in [0.717, 1.165) is 25.8 Å². The average Bonchev–Trinajstić information content (AvgIpc) is 3.16. The number of halogens is 2. The predicted molar refractivity (Wildman–Crippen MR) is 131 cm³/mol. The summed E-state index contributed by atoms with van der Waals surface area (Å²) in [5.41, 5.74) is 2.65. The number of aromatic nitrogens is 1. The van der Waals surface area contributed by atoms with Crippen LogP contribution in [0.4, 0.5) is 14.9 Å². The molecule has 0 radical (unpaired) electrons. The van der Waals surface area contributed by atoms with E-state index in [9.17, 15) is 18.8 Å². The van der Waals surface area contributed by atoms with Crippen LogP contribution in [0.3, 0.4) is 0 Å². The van der Waals surface area contributed by atoms with E-state index in [2.05, 4.69) is 21.2 Å². The van der Waals surface area contributed by atoms with Gasteiger partial charge in [0.25, 0.3) is 11.8 Å². The number of rotatable bonds is 4. The highest BCUT2D eigenvalue weighted by molar-refractivity contribution is 9.10. The summed E-state index contributed by atoms with van der Waals surface area (Å²) in [7, 11) is 0. The van der Waals surface area contributed by atoms with Gasteiger partial charge in [0, 0.05) is 33.7 Å². The van der Waals surface area contributed by atoms with Gasteiger partial charge in [0.1, 0.15) is 11.4 Å². The Balaban J connectivity index is 1.56. The molecule has 0 aliphatic carbocycles. The Labute approximate surface area is 202 Å². The average molecular weight is 518 g/mol. The number of fused-ring (bicyclic) bond motifs is 1. The van der Waals surface area contributed by atoms with Crippen molar-refractivity contribution in [3.05, 3.63) is 106 Å². The lowest BCUT2D eigenvalue weighted by Gasteiger charge is -2.26. The number of para-hydroxylation sites is 1. The van der Waals surface area contributed by atoms with Gasteiger partial charge in [-0.2, -0.15) is 0 Å². The van der Waals surface area contributed by atoms with Crippen molar-refractivity contribution in [2.75, 3.05) is 4.90 Å². The van der Waals surface area contributed by atoms with Crippen LogP contribution in [0.2, 0.25) is 0 Å². The van der Waals surface area contributed by atoms with Gasteiger partial charge in [0.05, 0.1) is 5.69 Å². The molecular weight excluding hydrogens is 501 g/mol. The van der Waals surface area contributed by atoms with Crippen LogP contribution in [0.25, 0.3) is 17.0 Å². The summed E-state index contributed by atoms with van der Waals surface area (Å²) in [6.45, 7) is 0.480. The summed E-state index contributed by atoms with van der Waals surface area (Å²) in [5.74, 6) is -1.76. The molecule has 6 nitrogen and oxygen atoms in total. The van der Waals surface area contributed by atoms with Crippen molar-refractivity contribution in [3.8, 4) is 0 Å². The molecule has 5 rings (SSSR count). The number of imide groups is 2. The van der Waals surface area contributed by atoms with Crippen molar-refractivity contribution in [3.63, 3.8) is 0 Å². The Morgan fingerprint density at radius 3 is 2.35 bits per heavy atom. The molecule has 1 aliphatic heterocycles. The molecular formula is C26H17BrFN3O3. The van der Waals surface area contributed by atoms with Gasteiger partial charge in [-0.05, 0) is 54.1 Å². The second-order valence-corrected chi connectivity index (χ2v) is 8.71. The summed E-state index contributed by atoms with van der Waals surface area (Å²) < 4.78 is 16.1. The predicted octanol–water partition coefficient (Wildman–Crippen LogP) is 5.26. The third-order valence-corrected chi connectivity index (χ3v) is 6.10. The highest BCUT2D eigenvalue weighted by atomic mass is 79.9. The zero-order valence-electron chi connectivity index (χ0n) is 17.7. The molecule has 1 aromatic heterocycles. The molecule has 2 heterocycles. The highest BCUT2D eigenvalue weighted by Gasteiger charge is 2.37. The molecule has 0 spiro atoms. The number of carbonyl (C=O) groups excluding carboxylic acids is 3. The molecule has 1 fully saturated rings. The molecule has 4 aromatic rings. The number of nitrogens with one attached hydrogen (secondary N) is 1. The number of anilines is 1. The Morgan fingerprint density at radius 1 is 0.912 bits per heavy atom. The van der Waals surface area contributed by atoms with E-state index in [1.807, 2.05) is 35.0 Å². The number of nitrogens with zero attached hydrogens (tertiary/aromatic N) is 2. The number of hydrogen-bond donors (Lipinski definition) is 1. The molecule has 1 saturated heterocycles. The molecule has 4 amide bonds. The molecule has 1 aliphatic rings. The summed E-state index contributed by atoms with van der Waals surface area (Å²) in [6, 6.07) is 19.7. The summed E-state index contributed by atoms with van der Waals surface area (Å²) in [6.07, 6.45) is 3.33. The van der Waals surface area contributed by atoms with Crippen molar-refractivity contribution in [2.45, 2.75) is 6.54 Å². The first-order chi connectivity index (χ1) is 16.4. The lowest BCUT2D eigenvalue weighted by molar-refractivity contribution is -0.122. The van der Waals surface area contributed by atoms with Crippen LogP contribution in [-0.2, 0) is 16.1 Å². The van der Waals surface area contributed by atoms with E-state index < -0.39 is 17.8 Å². The van der Waals surface area contributed by atoms with E-state index >= 15 is 0 Å². The fraction of sp³-hybridized carbons (Fsp3) is 0.0385. The van der Waals surface area contributed by atoms with Crippen LogP contribution < -0.4 is 10.2 Å². The second-order valence-electron chi connectivity index (χ2n) is 7.79. The van der Waals surface area contributed by atoms with Gasteiger partial charge in [-0.25, -0.2) is 14.1 Å². The monoisotopic (exact) mass is 517 g/mol. The van der Waals surface area contributed by atoms with Crippen LogP contribution in [0.1, 0.15) is 11.1 Å². The zero-order chi connectivity index (χ0) is 23.8. The summed E-state index contributed by atoms with van der Waals surface area (Å²) in [4.78, 5) is 39.2. The largest absolute Gasteiger partial charge is 0.342 e. The normalized spacial score (nSPS) is 15.3. The van der Waals surface area contributed by atoms with Crippen molar-refractivity contribution in [1.29, 1.82) is 0 Å². The number of hydrogen-bond acceptors (Lipinski definition) is 3. The van der Waals surface area contributed by atoms with Crippen LogP contribution >= 0.6 is 15.9 Å². The molecule has 3 aromatic carbocycles. The third kappa shape index (κ3) is 4.04. The lowest BCUT2D eigenvalue weighted by Crippen LogP contribution is -2.54. The van der Waals surface area contributed by atoms with Gasteiger partial charge in [-0.3, -0.25) is 14.9 Å². The summed E-state index contributed by atoms with van der Waals surface area (Å²) in [5, 5.41) is 3.09. The van der Waals surface area contributed by atoms with E-state index in [0.29, 0.717) is 17.8 Å². The Bertz CT molecular complexity index is 1470. The first-order valence-electron chi connectivity index (χ1n) is 10.4. The first kappa shape index (κ1) is 21.8. The van der Waals surface area contributed by atoms with E-state index in [1.54, 1.807) is 36.4 Å². The van der Waals surface area contributed by atoms with Gasteiger partial charge >= 0.3 is 6.03 Å². The number of carbonyl (C=O) groups is 3. The fourth-order valence-corrected chi connectivity index (χ4v) is 4.21. The van der Waals surface area contributed by atoms with Crippen molar-refractivity contribution < 1.29 is 18.8 Å². The van der Waals surface area contributed by atoms with Crippen molar-refractivity contribution in [1.82, 2.24) is 9.88 Å². The van der Waals surface area contributed by atoms with Gasteiger partial charge in [-0.15, -0.1) is 0 Å². The van der Waals surface area contributed by atoms with Crippen LogP contribution in [-0.4, -0.2) is 22.4 Å². The zero-order valence-corrected chi connectivity index (χ0v) is 19.3. The molecule has 0 unspecified atom stereocenters. The van der Waals surface area contributed by atoms with E-state index in [4.69, 9.17) is 0 Å². The minimum absolute atomic E-state index is 0.146. The fourth-order valence-electron chi connectivity index (χ4n) is 3.95. The maximum Gasteiger partial charge on any atom is 0.335 e. The summed E-state index contributed by atoms with van der Waals surface area (Å²) >= 11 is 3.33. The van der Waals surface area contributed by atoms with Crippen LogP contribution in [0.15, 0.2) is 89.0 Å². The standard InChI is InChI=1S/C26H17BrFN3O3/c27-18-7-11-20(12-8-18)31-25(33)22(24(32)29-26(31)34)13-17-15-30(23-4-2-1-3-21(17)23)14-16-5-9-19(28)10-6-16/h1-13,15H,14H2,(H,29,32,34). The van der Waals surface area contributed by atoms with E-state index in [1.165, 1.54) is 18.2 Å². The third-order valence-electron chi connectivity index (χ3n) is 5.57. The Kier molecular flexibility index (Phi) is 5.59. The number of urea groups is 1. The minimum Gasteiger partial charge on any atom is -0.342 e. The Morgan fingerprint density at radius 2 is 1.62 bits per heavy atom. The molecule has 0 atom stereocenters. The first-order valence-corrected chi connectivity index (χ1v) is 11.2. The van der Waals surface area contributed by atoms with E-state index in [-0.39, 0.29) is 11.4 Å². The molecule has 168 valence electrons. The maximum absolute atomic E-state index is 13.3. The number of amides is 4. The van der Waals surface area contributed by atoms with Gasteiger partial charge in [0.2, 0.25) is 0 Å². The number of benzene rings is 3. The molecule has 1 N–H and O–H groups in total. The number of barbiturate groups is 1. The second kappa shape index (κ2) is 8.72. The molecule has 8 heteroatoms. The maximum atomic E-state index is 13.3. The van der Waals surface area contributed by atoms with Crippen LogP contribution in [0, 0.1) is 5.82 Å². The van der Waals surface area contributed by atoms with Crippen LogP contribution in [0.5, 0.6) is 0 Å². The Hall–Kier alpha value is -4.04. The molecule has 0 saturated carbocycles. The smallest absolute Gasteiger partial charge is 0.335 e. The van der Waals surface area contributed by atoms with Gasteiger partial charge in [-0.1, -0.05) is 46.3 Å². The molecule has 0 bridgehead atoms. The lowest BCUT2D eigenvalue weighted by atomic mass is 10.1. The highest BCUT2D eigenvalue weighted by Crippen LogP contribution is 2.28. The quantitative estimate of drug-likeness (QED) is 0.296. The minimum atomic E-state index is -0.798. The van der Waals surface area contributed by atoms with Gasteiger partial charge in [0.15, 0.2) is 0 Å². The van der Waals surface area contributed by atoms with Crippen molar-refractivity contribution >= 4 is 56.4 Å². The SMILES string of the molecule is O=C1NC(=O)N(c2ccc(Br)cc2)C(=O)C1=Cc1cn(Cc2ccc(F)cc2)c2ccccc12. The molecule has 34 heavy (non-hydrogen) atoms. The van der Waals surface area contributed by atoms with Crippen molar-refractivity contribution in [2.24, 2.45) is 0 Å².